The lowest BCUT2D eigenvalue weighted by atomic mass is 10.1. The predicted octanol–water partition coefficient (Wildman–Crippen LogP) is 4.41. The Hall–Kier alpha value is -2.75. The first-order chi connectivity index (χ1) is 13.2. The van der Waals surface area contributed by atoms with Gasteiger partial charge in [0.2, 0.25) is 0 Å². The number of aromatic nitrogens is 1. The lowest BCUT2D eigenvalue weighted by Crippen LogP contribution is -2.25. The van der Waals surface area contributed by atoms with E-state index in [1.807, 2.05) is 24.5 Å². The minimum absolute atomic E-state index is 0.242. The summed E-state index contributed by atoms with van der Waals surface area (Å²) in [5, 5.41) is 10.2. The Morgan fingerprint density at radius 3 is 2.57 bits per heavy atom. The molecular formula is C20H18Cl2N2O4. The molecule has 1 atom stereocenters. The zero-order valence-corrected chi connectivity index (χ0v) is 17.3. The van der Waals surface area contributed by atoms with Crippen LogP contribution in [0.5, 0.6) is 0 Å². The van der Waals surface area contributed by atoms with Crippen LogP contribution in [0.2, 0.25) is 10.0 Å². The van der Waals surface area contributed by atoms with E-state index in [2.05, 4.69) is 4.74 Å². The molecule has 146 valence electrons. The number of nitrogens with zero attached hydrogens (tertiary/aromatic N) is 2. The van der Waals surface area contributed by atoms with Gasteiger partial charge >= 0.3 is 11.9 Å². The van der Waals surface area contributed by atoms with Gasteiger partial charge in [-0.2, -0.15) is 5.26 Å². The van der Waals surface area contributed by atoms with Crippen molar-refractivity contribution in [2.75, 3.05) is 7.11 Å². The van der Waals surface area contributed by atoms with Crippen LogP contribution < -0.4 is 0 Å². The standard InChI is InChI=1S/C20H18Cl2N2O4/c1-11-8-14(9-15(10-23)20(26)28-13(3)19(25)27-4)12(2)24(11)17-7-5-6-16(21)18(17)22/h5-9,13H,1-4H3/b15-9+. The highest BCUT2D eigenvalue weighted by Crippen LogP contribution is 2.32. The summed E-state index contributed by atoms with van der Waals surface area (Å²) in [5.74, 6) is -1.62. The molecule has 0 bridgehead atoms. The summed E-state index contributed by atoms with van der Waals surface area (Å²) in [5.41, 5.74) is 2.66. The second kappa shape index (κ2) is 8.96. The molecule has 2 rings (SSSR count). The fourth-order valence-corrected chi connectivity index (χ4v) is 3.08. The van der Waals surface area contributed by atoms with Gasteiger partial charge in [0, 0.05) is 11.4 Å². The van der Waals surface area contributed by atoms with Gasteiger partial charge in [-0.25, -0.2) is 9.59 Å². The monoisotopic (exact) mass is 420 g/mol. The summed E-state index contributed by atoms with van der Waals surface area (Å²) in [7, 11) is 1.18. The molecule has 1 heterocycles. The second-order valence-electron chi connectivity index (χ2n) is 5.98. The fraction of sp³-hybridized carbons (Fsp3) is 0.250. The van der Waals surface area contributed by atoms with Gasteiger partial charge in [-0.15, -0.1) is 0 Å². The number of carbonyl (C=O) groups is 2. The first-order valence-corrected chi connectivity index (χ1v) is 9.00. The third-order valence-electron chi connectivity index (χ3n) is 4.10. The van der Waals surface area contributed by atoms with Gasteiger partial charge < -0.3 is 14.0 Å². The van der Waals surface area contributed by atoms with Crippen LogP contribution in [0.15, 0.2) is 29.8 Å². The van der Waals surface area contributed by atoms with Crippen molar-refractivity contribution in [3.8, 4) is 11.8 Å². The van der Waals surface area contributed by atoms with Gasteiger partial charge in [-0.05, 0) is 50.6 Å². The second-order valence-corrected chi connectivity index (χ2v) is 6.76. The summed E-state index contributed by atoms with van der Waals surface area (Å²) in [6, 6.07) is 8.90. The van der Waals surface area contributed by atoms with Crippen molar-refractivity contribution in [2.45, 2.75) is 26.9 Å². The van der Waals surface area contributed by atoms with E-state index in [1.165, 1.54) is 20.1 Å². The number of carbonyl (C=O) groups excluding carboxylic acids is 2. The van der Waals surface area contributed by atoms with Crippen LogP contribution in [0, 0.1) is 25.2 Å². The minimum Gasteiger partial charge on any atom is -0.466 e. The van der Waals surface area contributed by atoms with E-state index in [4.69, 9.17) is 27.9 Å². The maximum absolute atomic E-state index is 12.2. The predicted molar refractivity (Wildman–Crippen MR) is 106 cm³/mol. The first-order valence-electron chi connectivity index (χ1n) is 8.25. The van der Waals surface area contributed by atoms with Crippen molar-refractivity contribution in [1.29, 1.82) is 5.26 Å². The zero-order valence-electron chi connectivity index (χ0n) is 15.7. The summed E-state index contributed by atoms with van der Waals surface area (Å²) >= 11 is 12.4. The first kappa shape index (κ1) is 21.5. The Bertz CT molecular complexity index is 1000. The van der Waals surface area contributed by atoms with E-state index in [0.717, 1.165) is 11.4 Å². The number of esters is 2. The van der Waals surface area contributed by atoms with Gasteiger partial charge in [0.05, 0.1) is 22.8 Å². The van der Waals surface area contributed by atoms with E-state index in [9.17, 15) is 14.9 Å². The van der Waals surface area contributed by atoms with Crippen LogP contribution in [0.1, 0.15) is 23.9 Å². The minimum atomic E-state index is -1.12. The van der Waals surface area contributed by atoms with Crippen molar-refractivity contribution in [3.63, 3.8) is 0 Å². The molecule has 0 aliphatic carbocycles. The molecule has 1 unspecified atom stereocenters. The molecule has 0 fully saturated rings. The van der Waals surface area contributed by atoms with Crippen molar-refractivity contribution < 1.29 is 19.1 Å². The number of nitriles is 1. The zero-order chi connectivity index (χ0) is 21.0. The molecule has 0 spiro atoms. The molecule has 0 saturated carbocycles. The maximum atomic E-state index is 12.2. The molecule has 1 aromatic heterocycles. The van der Waals surface area contributed by atoms with E-state index in [-0.39, 0.29) is 5.57 Å². The van der Waals surface area contributed by atoms with Gasteiger partial charge in [-0.1, -0.05) is 29.3 Å². The fourth-order valence-electron chi connectivity index (χ4n) is 2.70. The molecule has 1 aromatic carbocycles. The van der Waals surface area contributed by atoms with Gasteiger partial charge in [0.1, 0.15) is 11.6 Å². The Labute approximate surface area is 172 Å². The highest BCUT2D eigenvalue weighted by molar-refractivity contribution is 6.43. The molecule has 0 aliphatic heterocycles. The number of methoxy groups -OCH3 is 1. The van der Waals surface area contributed by atoms with Gasteiger partial charge in [0.25, 0.3) is 0 Å². The van der Waals surface area contributed by atoms with Crippen molar-refractivity contribution >= 4 is 41.2 Å². The van der Waals surface area contributed by atoms with Crippen LogP contribution in [0.3, 0.4) is 0 Å². The number of hydrogen-bond acceptors (Lipinski definition) is 5. The molecule has 6 nitrogen and oxygen atoms in total. The lowest BCUT2D eigenvalue weighted by Gasteiger charge is -2.12. The third-order valence-corrected chi connectivity index (χ3v) is 4.91. The molecule has 0 aliphatic rings. The van der Waals surface area contributed by atoms with Crippen molar-refractivity contribution in [2.24, 2.45) is 0 Å². The number of hydrogen-bond donors (Lipinski definition) is 0. The van der Waals surface area contributed by atoms with Gasteiger partial charge in [-0.3, -0.25) is 0 Å². The summed E-state index contributed by atoms with van der Waals surface area (Å²) in [6.45, 7) is 5.06. The average molecular weight is 421 g/mol. The third kappa shape index (κ3) is 4.38. The van der Waals surface area contributed by atoms with E-state index < -0.39 is 18.0 Å². The SMILES string of the molecule is COC(=O)C(C)OC(=O)/C(C#N)=C/c1cc(C)n(-c2cccc(Cl)c2Cl)c1C. The molecule has 0 N–H and O–H groups in total. The van der Waals surface area contributed by atoms with Crippen LogP contribution in [0.25, 0.3) is 11.8 Å². The normalized spacial score (nSPS) is 12.2. The number of ether oxygens (including phenoxy) is 2. The number of rotatable bonds is 5. The van der Waals surface area contributed by atoms with E-state index >= 15 is 0 Å². The van der Waals surface area contributed by atoms with Crippen LogP contribution in [0.4, 0.5) is 0 Å². The number of aryl methyl sites for hydroxylation is 1. The molecule has 0 amide bonds. The summed E-state index contributed by atoms with van der Waals surface area (Å²) in [6.07, 6.45) is 0.288. The Morgan fingerprint density at radius 1 is 1.29 bits per heavy atom. The maximum Gasteiger partial charge on any atom is 0.349 e. The topological polar surface area (TPSA) is 81.3 Å². The molecule has 0 radical (unpaired) electrons. The molecule has 0 saturated heterocycles. The van der Waals surface area contributed by atoms with Gasteiger partial charge in [0.15, 0.2) is 6.10 Å². The average Bonchev–Trinajstić information content (AvgIpc) is 2.94. The summed E-state index contributed by atoms with van der Waals surface area (Å²) in [4.78, 5) is 23.6. The Kier molecular flexibility index (Phi) is 6.90. The van der Waals surface area contributed by atoms with E-state index in [1.54, 1.807) is 24.3 Å². The highest BCUT2D eigenvalue weighted by atomic mass is 35.5. The summed E-state index contributed by atoms with van der Waals surface area (Å²) < 4.78 is 11.4. The molecule has 28 heavy (non-hydrogen) atoms. The highest BCUT2D eigenvalue weighted by Gasteiger charge is 2.22. The molecule has 2 aromatic rings. The van der Waals surface area contributed by atoms with Crippen molar-refractivity contribution in [1.82, 2.24) is 4.57 Å². The van der Waals surface area contributed by atoms with E-state index in [0.29, 0.717) is 21.3 Å². The van der Waals surface area contributed by atoms with Crippen LogP contribution in [-0.4, -0.2) is 29.7 Å². The molecular weight excluding hydrogens is 403 g/mol. The Morgan fingerprint density at radius 2 is 1.96 bits per heavy atom. The Balaban J connectivity index is 2.43. The smallest absolute Gasteiger partial charge is 0.349 e. The van der Waals surface area contributed by atoms with Crippen LogP contribution in [-0.2, 0) is 19.1 Å². The largest absolute Gasteiger partial charge is 0.466 e. The number of benzene rings is 1. The lowest BCUT2D eigenvalue weighted by molar-refractivity contribution is -0.161. The molecule has 8 heteroatoms. The number of halogens is 2. The van der Waals surface area contributed by atoms with Crippen molar-refractivity contribution in [3.05, 3.63) is 56.8 Å². The quantitative estimate of drug-likeness (QED) is 0.406. The van der Waals surface area contributed by atoms with Crippen LogP contribution >= 0.6 is 23.2 Å².